The van der Waals surface area contributed by atoms with Gasteiger partial charge in [0.2, 0.25) is 5.91 Å². The summed E-state index contributed by atoms with van der Waals surface area (Å²) in [6, 6.07) is 0. The molecule has 0 heterocycles. The third kappa shape index (κ3) is 4.45. The second-order valence-corrected chi connectivity index (χ2v) is 4.88. The number of nitrogens with one attached hydrogen (secondary N) is 1. The van der Waals surface area contributed by atoms with Gasteiger partial charge in [-0.2, -0.15) is 5.10 Å². The summed E-state index contributed by atoms with van der Waals surface area (Å²) in [6.07, 6.45) is 5.32. The third-order valence-electron chi connectivity index (χ3n) is 2.81. The van der Waals surface area contributed by atoms with Crippen LogP contribution in [0.2, 0.25) is 0 Å². The van der Waals surface area contributed by atoms with E-state index in [0.717, 1.165) is 6.42 Å². The fourth-order valence-electron chi connectivity index (χ4n) is 1.89. The maximum Gasteiger partial charge on any atom is 0.240 e. The minimum Gasteiger partial charge on any atom is -0.273 e. The second kappa shape index (κ2) is 5.89. The molecule has 1 aliphatic rings. The van der Waals surface area contributed by atoms with Crippen LogP contribution in [0.3, 0.4) is 0 Å². The van der Waals surface area contributed by atoms with Gasteiger partial charge in [0.25, 0.3) is 0 Å². The van der Waals surface area contributed by atoms with E-state index >= 15 is 0 Å². The molecule has 3 heteroatoms. The number of rotatable bonds is 3. The summed E-state index contributed by atoms with van der Waals surface area (Å²) in [7, 11) is 0. The number of carbonyl (C=O) groups excluding carboxylic acids is 1. The van der Waals surface area contributed by atoms with Crippen LogP contribution in [-0.4, -0.2) is 11.6 Å². The SMILES string of the molecule is CC(C)CC(=O)NN=C1CCCCC1C. The quantitative estimate of drug-likeness (QED) is 0.715. The van der Waals surface area contributed by atoms with E-state index in [1.54, 1.807) is 0 Å². The topological polar surface area (TPSA) is 41.5 Å². The maximum absolute atomic E-state index is 11.4. The number of carbonyl (C=O) groups is 1. The van der Waals surface area contributed by atoms with Crippen LogP contribution in [0.15, 0.2) is 5.10 Å². The normalized spacial score (nSPS) is 24.5. The van der Waals surface area contributed by atoms with Gasteiger partial charge in [0.05, 0.1) is 0 Å². The number of nitrogens with zero attached hydrogens (tertiary/aromatic N) is 1. The lowest BCUT2D eigenvalue weighted by Crippen LogP contribution is -2.24. The molecule has 1 N–H and O–H groups in total. The Labute approximate surface area is 92.3 Å². The standard InChI is InChI=1S/C12H22N2O/c1-9(2)8-12(15)14-13-11-7-5-4-6-10(11)3/h9-10H,4-8H2,1-3H3,(H,14,15). The highest BCUT2D eigenvalue weighted by Gasteiger charge is 2.16. The first-order chi connectivity index (χ1) is 7.09. The Kier molecular flexibility index (Phi) is 4.79. The van der Waals surface area contributed by atoms with E-state index in [4.69, 9.17) is 0 Å². The van der Waals surface area contributed by atoms with Crippen molar-refractivity contribution in [2.45, 2.75) is 52.9 Å². The van der Waals surface area contributed by atoms with Crippen LogP contribution in [-0.2, 0) is 4.79 Å². The smallest absolute Gasteiger partial charge is 0.240 e. The van der Waals surface area contributed by atoms with Crippen LogP contribution >= 0.6 is 0 Å². The molecule has 1 unspecified atom stereocenters. The molecule has 0 radical (unpaired) electrons. The summed E-state index contributed by atoms with van der Waals surface area (Å²) >= 11 is 0. The Morgan fingerprint density at radius 3 is 2.87 bits per heavy atom. The van der Waals surface area contributed by atoms with Crippen LogP contribution < -0.4 is 5.43 Å². The first-order valence-electron chi connectivity index (χ1n) is 5.95. The Bertz CT molecular complexity index is 246. The van der Waals surface area contributed by atoms with Gasteiger partial charge < -0.3 is 0 Å². The molecule has 0 saturated heterocycles. The minimum absolute atomic E-state index is 0.0373. The summed E-state index contributed by atoms with van der Waals surface area (Å²) < 4.78 is 0. The van der Waals surface area contributed by atoms with Crippen molar-refractivity contribution in [3.63, 3.8) is 0 Å². The molecule has 15 heavy (non-hydrogen) atoms. The predicted octanol–water partition coefficient (Wildman–Crippen LogP) is 2.71. The Morgan fingerprint density at radius 1 is 1.53 bits per heavy atom. The summed E-state index contributed by atoms with van der Waals surface area (Å²) in [5.41, 5.74) is 3.83. The summed E-state index contributed by atoms with van der Waals surface area (Å²) in [4.78, 5) is 11.4. The molecule has 1 amide bonds. The molecular formula is C12H22N2O. The zero-order chi connectivity index (χ0) is 11.3. The molecule has 1 aliphatic carbocycles. The van der Waals surface area contributed by atoms with Gasteiger partial charge >= 0.3 is 0 Å². The Hall–Kier alpha value is -0.860. The van der Waals surface area contributed by atoms with Crippen molar-refractivity contribution in [2.24, 2.45) is 16.9 Å². The molecule has 0 spiro atoms. The van der Waals surface area contributed by atoms with Crippen molar-refractivity contribution in [2.75, 3.05) is 0 Å². The molecule has 0 aromatic carbocycles. The molecule has 3 nitrogen and oxygen atoms in total. The predicted molar refractivity (Wildman–Crippen MR) is 62.7 cm³/mol. The van der Waals surface area contributed by atoms with E-state index in [1.165, 1.54) is 25.0 Å². The van der Waals surface area contributed by atoms with Crippen molar-refractivity contribution in [3.05, 3.63) is 0 Å². The number of hydrazone groups is 1. The van der Waals surface area contributed by atoms with Crippen molar-refractivity contribution in [1.82, 2.24) is 5.43 Å². The first-order valence-corrected chi connectivity index (χ1v) is 5.95. The van der Waals surface area contributed by atoms with Crippen LogP contribution in [0.5, 0.6) is 0 Å². The summed E-state index contributed by atoms with van der Waals surface area (Å²) in [6.45, 7) is 6.26. The lowest BCUT2D eigenvalue weighted by molar-refractivity contribution is -0.121. The van der Waals surface area contributed by atoms with E-state index in [-0.39, 0.29) is 5.91 Å². The lowest BCUT2D eigenvalue weighted by Gasteiger charge is -2.19. The average molecular weight is 210 g/mol. The van der Waals surface area contributed by atoms with Crippen molar-refractivity contribution in [1.29, 1.82) is 0 Å². The van der Waals surface area contributed by atoms with Crippen LogP contribution in [0.25, 0.3) is 0 Å². The van der Waals surface area contributed by atoms with Crippen LogP contribution in [0.4, 0.5) is 0 Å². The molecule has 1 fully saturated rings. The zero-order valence-corrected chi connectivity index (χ0v) is 10.0. The van der Waals surface area contributed by atoms with E-state index in [9.17, 15) is 4.79 Å². The highest BCUT2D eigenvalue weighted by molar-refractivity contribution is 5.88. The van der Waals surface area contributed by atoms with Crippen molar-refractivity contribution < 1.29 is 4.79 Å². The van der Waals surface area contributed by atoms with Gasteiger partial charge in [-0.05, 0) is 31.1 Å². The first kappa shape index (κ1) is 12.2. The van der Waals surface area contributed by atoms with Gasteiger partial charge in [-0.15, -0.1) is 0 Å². The van der Waals surface area contributed by atoms with Gasteiger partial charge in [-0.1, -0.05) is 27.2 Å². The van der Waals surface area contributed by atoms with Crippen molar-refractivity contribution in [3.8, 4) is 0 Å². The van der Waals surface area contributed by atoms with Gasteiger partial charge in [0, 0.05) is 12.1 Å². The fourth-order valence-corrected chi connectivity index (χ4v) is 1.89. The number of amides is 1. The Morgan fingerprint density at radius 2 is 2.27 bits per heavy atom. The van der Waals surface area contributed by atoms with Gasteiger partial charge in [0.1, 0.15) is 0 Å². The average Bonchev–Trinajstić information content (AvgIpc) is 2.15. The molecule has 1 rings (SSSR count). The van der Waals surface area contributed by atoms with Gasteiger partial charge in [0.15, 0.2) is 0 Å². The van der Waals surface area contributed by atoms with E-state index in [1.807, 2.05) is 13.8 Å². The summed E-state index contributed by atoms with van der Waals surface area (Å²) in [5.74, 6) is 0.974. The Balaban J connectivity index is 2.38. The second-order valence-electron chi connectivity index (χ2n) is 4.88. The minimum atomic E-state index is 0.0373. The lowest BCUT2D eigenvalue weighted by atomic mass is 9.89. The van der Waals surface area contributed by atoms with Gasteiger partial charge in [-0.3, -0.25) is 4.79 Å². The van der Waals surface area contributed by atoms with Crippen LogP contribution in [0.1, 0.15) is 52.9 Å². The third-order valence-corrected chi connectivity index (χ3v) is 2.81. The highest BCUT2D eigenvalue weighted by Crippen LogP contribution is 2.20. The monoisotopic (exact) mass is 210 g/mol. The van der Waals surface area contributed by atoms with E-state index in [0.29, 0.717) is 18.3 Å². The number of hydrogen-bond donors (Lipinski definition) is 1. The van der Waals surface area contributed by atoms with Crippen molar-refractivity contribution >= 4 is 11.6 Å². The molecule has 0 bridgehead atoms. The van der Waals surface area contributed by atoms with E-state index < -0.39 is 0 Å². The molecule has 0 aromatic rings. The van der Waals surface area contributed by atoms with E-state index in [2.05, 4.69) is 17.5 Å². The molecular weight excluding hydrogens is 188 g/mol. The van der Waals surface area contributed by atoms with Crippen LogP contribution in [0, 0.1) is 11.8 Å². The zero-order valence-electron chi connectivity index (χ0n) is 10.0. The molecule has 86 valence electrons. The summed E-state index contributed by atoms with van der Waals surface area (Å²) in [5, 5.41) is 4.23. The molecule has 1 atom stereocenters. The fraction of sp³-hybridized carbons (Fsp3) is 0.833. The maximum atomic E-state index is 11.4. The molecule has 1 saturated carbocycles. The highest BCUT2D eigenvalue weighted by atomic mass is 16.2. The largest absolute Gasteiger partial charge is 0.273 e. The number of hydrogen-bond acceptors (Lipinski definition) is 2. The molecule has 0 aromatic heterocycles. The molecule has 0 aliphatic heterocycles. The van der Waals surface area contributed by atoms with Gasteiger partial charge in [-0.25, -0.2) is 5.43 Å².